The number of hydrogen-bond donors (Lipinski definition) is 0. The summed E-state index contributed by atoms with van der Waals surface area (Å²) in [5.41, 5.74) is 4.63. The molecule has 3 rings (SSSR count). The van der Waals surface area contributed by atoms with E-state index in [4.69, 9.17) is 4.99 Å². The van der Waals surface area contributed by atoms with E-state index in [-0.39, 0.29) is 16.7 Å². The Kier molecular flexibility index (Phi) is 3.52. The maximum absolute atomic E-state index is 10.8. The third kappa shape index (κ3) is 2.84. The van der Waals surface area contributed by atoms with Gasteiger partial charge in [0.25, 0.3) is 5.69 Å². The summed E-state index contributed by atoms with van der Waals surface area (Å²) in [4.78, 5) is 15.3. The molecule has 0 aromatic heterocycles. The van der Waals surface area contributed by atoms with Gasteiger partial charge in [0, 0.05) is 30.7 Å². The van der Waals surface area contributed by atoms with Crippen molar-refractivity contribution in [3.8, 4) is 0 Å². The number of nitro benzene ring substituents is 1. The predicted molar refractivity (Wildman–Crippen MR) is 82.8 cm³/mol. The number of nitro groups is 1. The van der Waals surface area contributed by atoms with Gasteiger partial charge < -0.3 is 0 Å². The van der Waals surface area contributed by atoms with Crippen molar-refractivity contribution in [2.24, 2.45) is 4.99 Å². The SMILES string of the molecule is CC(N=C1Cc2ccc([N+](=O)[O-])cc2C1)c1ccccc1. The Morgan fingerprint density at radius 1 is 1.10 bits per heavy atom. The topological polar surface area (TPSA) is 55.5 Å². The van der Waals surface area contributed by atoms with Crippen LogP contribution in [-0.2, 0) is 12.8 Å². The van der Waals surface area contributed by atoms with E-state index in [0.717, 1.165) is 23.3 Å². The summed E-state index contributed by atoms with van der Waals surface area (Å²) in [5, 5.41) is 10.8. The van der Waals surface area contributed by atoms with Gasteiger partial charge in [0.05, 0.1) is 11.0 Å². The molecule has 2 aromatic carbocycles. The van der Waals surface area contributed by atoms with Crippen LogP contribution in [0.25, 0.3) is 0 Å². The Morgan fingerprint density at radius 2 is 1.81 bits per heavy atom. The summed E-state index contributed by atoms with van der Waals surface area (Å²) in [5.74, 6) is 0. The third-order valence-electron chi connectivity index (χ3n) is 3.85. The lowest BCUT2D eigenvalue weighted by atomic mass is 10.1. The molecule has 0 saturated heterocycles. The van der Waals surface area contributed by atoms with Crippen LogP contribution in [0.3, 0.4) is 0 Å². The van der Waals surface area contributed by atoms with Crippen molar-refractivity contribution < 1.29 is 4.92 Å². The molecule has 1 aliphatic rings. The molecule has 1 unspecified atom stereocenters. The van der Waals surface area contributed by atoms with Gasteiger partial charge in [-0.25, -0.2) is 0 Å². The third-order valence-corrected chi connectivity index (χ3v) is 3.85. The second kappa shape index (κ2) is 5.48. The maximum atomic E-state index is 10.8. The maximum Gasteiger partial charge on any atom is 0.269 e. The lowest BCUT2D eigenvalue weighted by molar-refractivity contribution is -0.384. The van der Waals surface area contributed by atoms with Crippen LogP contribution in [0.4, 0.5) is 5.69 Å². The van der Waals surface area contributed by atoms with Crippen LogP contribution in [0, 0.1) is 10.1 Å². The molecular weight excluding hydrogens is 264 g/mol. The standard InChI is InChI=1S/C17H16N2O2/c1-12(13-5-3-2-4-6-13)18-16-9-14-7-8-17(19(20)21)11-15(14)10-16/h2-8,11-12H,9-10H2,1H3. The molecule has 106 valence electrons. The highest BCUT2D eigenvalue weighted by Crippen LogP contribution is 2.27. The molecule has 0 radical (unpaired) electrons. The first-order valence-corrected chi connectivity index (χ1v) is 7.00. The van der Waals surface area contributed by atoms with Gasteiger partial charge in [-0.05, 0) is 23.6 Å². The Labute approximate surface area is 123 Å². The van der Waals surface area contributed by atoms with E-state index < -0.39 is 0 Å². The van der Waals surface area contributed by atoms with E-state index in [0.29, 0.717) is 6.42 Å². The van der Waals surface area contributed by atoms with E-state index in [2.05, 4.69) is 19.1 Å². The van der Waals surface area contributed by atoms with Crippen LogP contribution in [-0.4, -0.2) is 10.6 Å². The van der Waals surface area contributed by atoms with Gasteiger partial charge in [0.15, 0.2) is 0 Å². The molecule has 0 bridgehead atoms. The normalized spacial score (nSPS) is 16.7. The fourth-order valence-electron chi connectivity index (χ4n) is 2.74. The first-order chi connectivity index (χ1) is 10.1. The fourth-order valence-corrected chi connectivity index (χ4v) is 2.74. The van der Waals surface area contributed by atoms with Crippen molar-refractivity contribution in [3.63, 3.8) is 0 Å². The van der Waals surface area contributed by atoms with Crippen molar-refractivity contribution in [2.75, 3.05) is 0 Å². The van der Waals surface area contributed by atoms with Crippen LogP contribution in [0.5, 0.6) is 0 Å². The number of nitrogens with zero attached hydrogens (tertiary/aromatic N) is 2. The lowest BCUT2D eigenvalue weighted by Crippen LogP contribution is -2.00. The van der Waals surface area contributed by atoms with Crippen LogP contribution in [0.15, 0.2) is 53.5 Å². The second-order valence-electron chi connectivity index (χ2n) is 5.35. The summed E-state index contributed by atoms with van der Waals surface area (Å²) in [6.07, 6.45) is 1.51. The summed E-state index contributed by atoms with van der Waals surface area (Å²) in [7, 11) is 0. The zero-order valence-electron chi connectivity index (χ0n) is 11.8. The van der Waals surface area contributed by atoms with Crippen LogP contribution < -0.4 is 0 Å². The molecule has 0 heterocycles. The Balaban J connectivity index is 1.81. The number of aliphatic imine (C=N–C) groups is 1. The fraction of sp³-hybridized carbons (Fsp3) is 0.235. The van der Waals surface area contributed by atoms with Crippen molar-refractivity contribution in [2.45, 2.75) is 25.8 Å². The molecule has 21 heavy (non-hydrogen) atoms. The highest BCUT2D eigenvalue weighted by molar-refractivity contribution is 5.93. The molecule has 0 fully saturated rings. The minimum Gasteiger partial charge on any atom is -0.286 e. The number of non-ortho nitro benzene ring substituents is 1. The molecule has 0 spiro atoms. The van der Waals surface area contributed by atoms with Crippen molar-refractivity contribution in [3.05, 3.63) is 75.3 Å². The largest absolute Gasteiger partial charge is 0.286 e. The molecule has 0 saturated carbocycles. The Bertz CT molecular complexity index is 708. The minimum absolute atomic E-state index is 0.116. The molecule has 0 amide bonds. The van der Waals surface area contributed by atoms with Crippen molar-refractivity contribution >= 4 is 11.4 Å². The van der Waals surface area contributed by atoms with Crippen LogP contribution >= 0.6 is 0 Å². The zero-order valence-corrected chi connectivity index (χ0v) is 11.8. The monoisotopic (exact) mass is 280 g/mol. The average molecular weight is 280 g/mol. The molecule has 0 aliphatic heterocycles. The molecule has 4 heteroatoms. The summed E-state index contributed by atoms with van der Waals surface area (Å²) in [6, 6.07) is 15.4. The van der Waals surface area contributed by atoms with Crippen molar-refractivity contribution in [1.82, 2.24) is 0 Å². The van der Waals surface area contributed by atoms with E-state index in [1.165, 1.54) is 5.56 Å². The van der Waals surface area contributed by atoms with E-state index in [1.807, 2.05) is 24.3 Å². The zero-order chi connectivity index (χ0) is 14.8. The summed E-state index contributed by atoms with van der Waals surface area (Å²) in [6.45, 7) is 2.08. The first kappa shape index (κ1) is 13.5. The van der Waals surface area contributed by atoms with E-state index in [9.17, 15) is 10.1 Å². The number of benzene rings is 2. The molecule has 1 atom stereocenters. The Hall–Kier alpha value is -2.49. The van der Waals surface area contributed by atoms with Gasteiger partial charge >= 0.3 is 0 Å². The number of hydrogen-bond acceptors (Lipinski definition) is 3. The van der Waals surface area contributed by atoms with Crippen LogP contribution in [0.2, 0.25) is 0 Å². The molecular formula is C17H16N2O2. The highest BCUT2D eigenvalue weighted by atomic mass is 16.6. The van der Waals surface area contributed by atoms with Gasteiger partial charge in [-0.2, -0.15) is 0 Å². The van der Waals surface area contributed by atoms with Gasteiger partial charge in [0.1, 0.15) is 0 Å². The second-order valence-corrected chi connectivity index (χ2v) is 5.35. The van der Waals surface area contributed by atoms with E-state index >= 15 is 0 Å². The minimum atomic E-state index is -0.345. The molecule has 0 N–H and O–H groups in total. The van der Waals surface area contributed by atoms with Crippen LogP contribution in [0.1, 0.15) is 29.7 Å². The summed E-state index contributed by atoms with van der Waals surface area (Å²) >= 11 is 0. The van der Waals surface area contributed by atoms with Gasteiger partial charge in [-0.3, -0.25) is 15.1 Å². The smallest absolute Gasteiger partial charge is 0.269 e. The molecule has 4 nitrogen and oxygen atoms in total. The predicted octanol–water partition coefficient (Wildman–Crippen LogP) is 3.90. The summed E-state index contributed by atoms with van der Waals surface area (Å²) < 4.78 is 0. The highest BCUT2D eigenvalue weighted by Gasteiger charge is 2.20. The molecule has 1 aliphatic carbocycles. The van der Waals surface area contributed by atoms with Gasteiger partial charge in [-0.1, -0.05) is 36.4 Å². The van der Waals surface area contributed by atoms with E-state index in [1.54, 1.807) is 12.1 Å². The lowest BCUT2D eigenvalue weighted by Gasteiger charge is -2.07. The number of fused-ring (bicyclic) bond motifs is 1. The van der Waals surface area contributed by atoms with Gasteiger partial charge in [0.2, 0.25) is 0 Å². The Morgan fingerprint density at radius 3 is 2.52 bits per heavy atom. The first-order valence-electron chi connectivity index (χ1n) is 7.00. The quantitative estimate of drug-likeness (QED) is 0.632. The number of rotatable bonds is 3. The van der Waals surface area contributed by atoms with Gasteiger partial charge in [-0.15, -0.1) is 0 Å². The molecule has 2 aromatic rings. The average Bonchev–Trinajstić information content (AvgIpc) is 2.89. The van der Waals surface area contributed by atoms with Crippen molar-refractivity contribution in [1.29, 1.82) is 0 Å².